The minimum Gasteiger partial charge on any atom is -0.384 e. The van der Waals surface area contributed by atoms with Gasteiger partial charge < -0.3 is 10.6 Å². The quantitative estimate of drug-likeness (QED) is 0.728. The molecular weight excluding hydrogens is 176 g/mol. The van der Waals surface area contributed by atoms with Gasteiger partial charge >= 0.3 is 0 Å². The molecule has 2 rings (SSSR count). The van der Waals surface area contributed by atoms with Gasteiger partial charge in [-0.15, -0.1) is 0 Å². The van der Waals surface area contributed by atoms with Gasteiger partial charge in [-0.1, -0.05) is 6.92 Å². The van der Waals surface area contributed by atoms with Crippen molar-refractivity contribution in [1.29, 1.82) is 0 Å². The lowest BCUT2D eigenvalue weighted by molar-refractivity contribution is 0.625. The minimum absolute atomic E-state index is 0.520. The van der Waals surface area contributed by atoms with E-state index in [0.717, 1.165) is 18.4 Å². The summed E-state index contributed by atoms with van der Waals surface area (Å²) in [5.41, 5.74) is 5.63. The number of anilines is 2. The summed E-state index contributed by atoms with van der Waals surface area (Å²) in [7, 11) is 0. The first kappa shape index (κ1) is 9.24. The molecule has 4 heteroatoms. The predicted molar refractivity (Wildman–Crippen MR) is 57.0 cm³/mol. The zero-order valence-electron chi connectivity index (χ0n) is 8.64. The third kappa shape index (κ3) is 1.64. The second kappa shape index (κ2) is 3.44. The van der Waals surface area contributed by atoms with Gasteiger partial charge in [0.1, 0.15) is 5.82 Å². The second-order valence-corrected chi connectivity index (χ2v) is 4.12. The number of nitrogen functional groups attached to an aromatic ring is 1. The van der Waals surface area contributed by atoms with Gasteiger partial charge in [0, 0.05) is 18.8 Å². The summed E-state index contributed by atoms with van der Waals surface area (Å²) in [6, 6.07) is 2.24. The summed E-state index contributed by atoms with van der Waals surface area (Å²) in [5.74, 6) is 2.03. The van der Waals surface area contributed by atoms with E-state index in [1.807, 2.05) is 0 Å². The monoisotopic (exact) mass is 192 g/mol. The molecule has 76 valence electrons. The third-order valence-corrected chi connectivity index (χ3v) is 2.71. The van der Waals surface area contributed by atoms with Gasteiger partial charge in [-0.05, 0) is 25.3 Å². The predicted octanol–water partition coefficient (Wildman–Crippen LogP) is 1.29. The summed E-state index contributed by atoms with van der Waals surface area (Å²) in [6.07, 6.45) is 2.92. The van der Waals surface area contributed by atoms with Crippen LogP contribution in [0.25, 0.3) is 0 Å². The van der Waals surface area contributed by atoms with Crippen molar-refractivity contribution in [3.8, 4) is 0 Å². The van der Waals surface area contributed by atoms with Crippen molar-refractivity contribution in [2.24, 2.45) is 5.92 Å². The molecule has 2 atom stereocenters. The van der Waals surface area contributed by atoms with Crippen LogP contribution in [0.4, 0.5) is 11.8 Å². The van der Waals surface area contributed by atoms with Crippen molar-refractivity contribution in [3.63, 3.8) is 0 Å². The highest BCUT2D eigenvalue weighted by Crippen LogP contribution is 2.25. The minimum atomic E-state index is 0.520. The second-order valence-electron chi connectivity index (χ2n) is 4.12. The van der Waals surface area contributed by atoms with E-state index in [-0.39, 0.29) is 0 Å². The number of hydrogen-bond donors (Lipinski definition) is 1. The molecule has 2 N–H and O–H groups in total. The molecule has 0 spiro atoms. The van der Waals surface area contributed by atoms with Crippen molar-refractivity contribution >= 4 is 11.8 Å². The lowest BCUT2D eigenvalue weighted by Gasteiger charge is -2.21. The lowest BCUT2D eigenvalue weighted by Crippen LogP contribution is -2.28. The highest BCUT2D eigenvalue weighted by Gasteiger charge is 2.27. The van der Waals surface area contributed by atoms with E-state index in [1.54, 1.807) is 12.3 Å². The normalized spacial score (nSPS) is 26.9. The summed E-state index contributed by atoms with van der Waals surface area (Å²) >= 11 is 0. The average Bonchev–Trinajstić information content (AvgIpc) is 2.45. The molecule has 0 aliphatic carbocycles. The third-order valence-electron chi connectivity index (χ3n) is 2.71. The van der Waals surface area contributed by atoms with E-state index in [0.29, 0.717) is 11.9 Å². The molecule has 4 nitrogen and oxygen atoms in total. The number of nitrogens with zero attached hydrogens (tertiary/aromatic N) is 3. The Balaban J connectivity index is 2.23. The standard InChI is InChI=1S/C10H16N4/c1-7-5-8(2)14(6-7)10-12-4-3-9(11)13-10/h3-4,7-8H,5-6H2,1-2H3,(H2,11,12,13). The first-order valence-electron chi connectivity index (χ1n) is 5.02. The Kier molecular flexibility index (Phi) is 2.27. The van der Waals surface area contributed by atoms with Gasteiger partial charge in [-0.25, -0.2) is 4.98 Å². The largest absolute Gasteiger partial charge is 0.384 e. The Morgan fingerprint density at radius 1 is 1.50 bits per heavy atom. The first-order valence-corrected chi connectivity index (χ1v) is 5.02. The van der Waals surface area contributed by atoms with Crippen LogP contribution in [0.3, 0.4) is 0 Å². The van der Waals surface area contributed by atoms with Crippen LogP contribution in [0.15, 0.2) is 12.3 Å². The van der Waals surface area contributed by atoms with E-state index in [9.17, 15) is 0 Å². The molecule has 14 heavy (non-hydrogen) atoms. The molecule has 0 amide bonds. The lowest BCUT2D eigenvalue weighted by atomic mass is 10.1. The van der Waals surface area contributed by atoms with E-state index in [1.165, 1.54) is 6.42 Å². The average molecular weight is 192 g/mol. The molecule has 2 unspecified atom stereocenters. The van der Waals surface area contributed by atoms with Gasteiger partial charge in [-0.2, -0.15) is 4.98 Å². The summed E-state index contributed by atoms with van der Waals surface area (Å²) in [6.45, 7) is 5.49. The van der Waals surface area contributed by atoms with Crippen LogP contribution in [0, 0.1) is 5.92 Å². The van der Waals surface area contributed by atoms with Crippen molar-refractivity contribution in [1.82, 2.24) is 9.97 Å². The number of aromatic nitrogens is 2. The Morgan fingerprint density at radius 3 is 2.86 bits per heavy atom. The van der Waals surface area contributed by atoms with Crippen LogP contribution < -0.4 is 10.6 Å². The van der Waals surface area contributed by atoms with Gasteiger partial charge in [0.2, 0.25) is 5.95 Å². The zero-order chi connectivity index (χ0) is 10.1. The molecule has 0 radical (unpaired) electrons. The van der Waals surface area contributed by atoms with Gasteiger partial charge in [-0.3, -0.25) is 0 Å². The fourth-order valence-corrected chi connectivity index (χ4v) is 2.08. The molecular formula is C10H16N4. The Bertz CT molecular complexity index is 326. The number of nitrogens with two attached hydrogens (primary N) is 1. The molecule has 1 aliphatic heterocycles. The molecule has 0 bridgehead atoms. The van der Waals surface area contributed by atoms with Crippen molar-refractivity contribution in [3.05, 3.63) is 12.3 Å². The van der Waals surface area contributed by atoms with E-state index >= 15 is 0 Å². The van der Waals surface area contributed by atoms with E-state index < -0.39 is 0 Å². The van der Waals surface area contributed by atoms with E-state index in [4.69, 9.17) is 5.73 Å². The molecule has 1 aliphatic rings. The first-order chi connectivity index (χ1) is 6.66. The summed E-state index contributed by atoms with van der Waals surface area (Å²) in [4.78, 5) is 10.7. The zero-order valence-corrected chi connectivity index (χ0v) is 8.64. The smallest absolute Gasteiger partial charge is 0.227 e. The summed E-state index contributed by atoms with van der Waals surface area (Å²) < 4.78 is 0. The topological polar surface area (TPSA) is 55.0 Å². The maximum absolute atomic E-state index is 5.63. The van der Waals surface area contributed by atoms with Gasteiger partial charge in [0.05, 0.1) is 0 Å². The number of hydrogen-bond acceptors (Lipinski definition) is 4. The van der Waals surface area contributed by atoms with Crippen molar-refractivity contribution < 1.29 is 0 Å². The Morgan fingerprint density at radius 2 is 2.29 bits per heavy atom. The van der Waals surface area contributed by atoms with Gasteiger partial charge in [0.25, 0.3) is 0 Å². The Labute approximate surface area is 84.2 Å². The summed E-state index contributed by atoms with van der Waals surface area (Å²) in [5, 5.41) is 0. The van der Waals surface area contributed by atoms with Gasteiger partial charge in [0.15, 0.2) is 0 Å². The Hall–Kier alpha value is -1.32. The highest BCUT2D eigenvalue weighted by molar-refractivity contribution is 5.39. The van der Waals surface area contributed by atoms with Crippen LogP contribution in [0.1, 0.15) is 20.3 Å². The molecule has 2 heterocycles. The molecule has 1 saturated heterocycles. The number of rotatable bonds is 1. The molecule has 0 aromatic carbocycles. The van der Waals surface area contributed by atoms with Crippen LogP contribution in [-0.4, -0.2) is 22.6 Å². The van der Waals surface area contributed by atoms with Crippen LogP contribution in [-0.2, 0) is 0 Å². The van der Waals surface area contributed by atoms with Crippen LogP contribution >= 0.6 is 0 Å². The molecule has 1 fully saturated rings. The van der Waals surface area contributed by atoms with Crippen LogP contribution in [0.5, 0.6) is 0 Å². The SMILES string of the molecule is CC1CC(C)N(c2nccc(N)n2)C1. The van der Waals surface area contributed by atoms with Crippen LogP contribution in [0.2, 0.25) is 0 Å². The fourth-order valence-electron chi connectivity index (χ4n) is 2.08. The van der Waals surface area contributed by atoms with Crippen molar-refractivity contribution in [2.45, 2.75) is 26.3 Å². The van der Waals surface area contributed by atoms with E-state index in [2.05, 4.69) is 28.7 Å². The molecule has 1 aromatic heterocycles. The maximum Gasteiger partial charge on any atom is 0.227 e. The fraction of sp³-hybridized carbons (Fsp3) is 0.600. The maximum atomic E-state index is 5.63. The highest BCUT2D eigenvalue weighted by atomic mass is 15.3. The molecule has 0 saturated carbocycles. The molecule has 1 aromatic rings. The van der Waals surface area contributed by atoms with Crippen molar-refractivity contribution in [2.75, 3.05) is 17.2 Å².